The fourth-order valence-electron chi connectivity index (χ4n) is 3.26. The van der Waals surface area contributed by atoms with Crippen molar-refractivity contribution in [1.29, 1.82) is 0 Å². The number of aryl methyl sites for hydroxylation is 1. The third-order valence-corrected chi connectivity index (χ3v) is 4.68. The minimum atomic E-state index is 0.0279. The molecule has 2 aliphatic heterocycles. The van der Waals surface area contributed by atoms with Crippen LogP contribution in [0.4, 0.5) is 0 Å². The van der Waals surface area contributed by atoms with Crippen LogP contribution in [-0.4, -0.2) is 82.1 Å². The van der Waals surface area contributed by atoms with Gasteiger partial charge in [0.05, 0.1) is 18.3 Å². The van der Waals surface area contributed by atoms with Gasteiger partial charge in [-0.3, -0.25) is 19.2 Å². The molecular weight excluding hydrogens is 294 g/mol. The predicted molar refractivity (Wildman–Crippen MR) is 86.0 cm³/mol. The van der Waals surface area contributed by atoms with Crippen molar-refractivity contribution < 1.29 is 9.59 Å². The summed E-state index contributed by atoms with van der Waals surface area (Å²) >= 11 is 0. The van der Waals surface area contributed by atoms with E-state index in [1.54, 1.807) is 24.1 Å². The zero-order valence-electron chi connectivity index (χ0n) is 13.8. The summed E-state index contributed by atoms with van der Waals surface area (Å²) in [6, 6.07) is 0. The van der Waals surface area contributed by atoms with Crippen LogP contribution in [0, 0.1) is 0 Å². The van der Waals surface area contributed by atoms with Crippen LogP contribution in [0.2, 0.25) is 0 Å². The van der Waals surface area contributed by atoms with Crippen molar-refractivity contribution in [2.24, 2.45) is 7.05 Å². The summed E-state index contributed by atoms with van der Waals surface area (Å²) < 4.78 is 1.64. The van der Waals surface area contributed by atoms with Gasteiger partial charge in [-0.25, -0.2) is 0 Å². The quantitative estimate of drug-likeness (QED) is 0.798. The van der Waals surface area contributed by atoms with Gasteiger partial charge in [-0.05, 0) is 19.3 Å². The summed E-state index contributed by atoms with van der Waals surface area (Å²) in [7, 11) is 1.81. The Labute approximate surface area is 136 Å². The molecule has 126 valence electrons. The van der Waals surface area contributed by atoms with Gasteiger partial charge in [0.25, 0.3) is 5.91 Å². The van der Waals surface area contributed by atoms with E-state index in [0.717, 1.165) is 39.0 Å². The number of piperidine rings is 1. The zero-order valence-corrected chi connectivity index (χ0v) is 13.8. The maximum atomic E-state index is 12.4. The molecule has 7 nitrogen and oxygen atoms in total. The van der Waals surface area contributed by atoms with Crippen LogP contribution in [-0.2, 0) is 11.8 Å². The van der Waals surface area contributed by atoms with E-state index >= 15 is 0 Å². The molecule has 1 aromatic rings. The molecule has 2 saturated heterocycles. The Hall–Kier alpha value is -1.89. The van der Waals surface area contributed by atoms with Crippen LogP contribution in [0.25, 0.3) is 0 Å². The van der Waals surface area contributed by atoms with Crippen molar-refractivity contribution >= 4 is 11.8 Å². The first-order chi connectivity index (χ1) is 11.1. The highest BCUT2D eigenvalue weighted by Gasteiger charge is 2.25. The molecule has 3 rings (SSSR count). The van der Waals surface area contributed by atoms with Crippen LogP contribution in [0.1, 0.15) is 29.6 Å². The van der Waals surface area contributed by atoms with Crippen molar-refractivity contribution in [2.45, 2.75) is 19.3 Å². The number of hydrogen-bond acceptors (Lipinski definition) is 4. The topological polar surface area (TPSA) is 61.7 Å². The fourth-order valence-corrected chi connectivity index (χ4v) is 3.26. The highest BCUT2D eigenvalue weighted by atomic mass is 16.2. The Kier molecular flexibility index (Phi) is 4.95. The molecule has 2 amide bonds. The largest absolute Gasteiger partial charge is 0.342 e. The van der Waals surface area contributed by atoms with Gasteiger partial charge in [0.15, 0.2) is 0 Å². The Morgan fingerprint density at radius 2 is 1.70 bits per heavy atom. The van der Waals surface area contributed by atoms with Crippen molar-refractivity contribution in [3.8, 4) is 0 Å². The molecule has 2 fully saturated rings. The van der Waals surface area contributed by atoms with Crippen LogP contribution < -0.4 is 0 Å². The Morgan fingerprint density at radius 3 is 2.30 bits per heavy atom. The summed E-state index contributed by atoms with van der Waals surface area (Å²) in [5.74, 6) is 0.261. The molecule has 2 aliphatic rings. The predicted octanol–water partition coefficient (Wildman–Crippen LogP) is 0.190. The number of hydrogen-bond donors (Lipinski definition) is 0. The molecule has 0 aliphatic carbocycles. The van der Waals surface area contributed by atoms with Crippen LogP contribution in [0.15, 0.2) is 12.4 Å². The van der Waals surface area contributed by atoms with Gasteiger partial charge in [-0.2, -0.15) is 5.10 Å². The summed E-state index contributed by atoms with van der Waals surface area (Å²) in [6.07, 6.45) is 6.83. The van der Waals surface area contributed by atoms with E-state index in [-0.39, 0.29) is 11.8 Å². The van der Waals surface area contributed by atoms with E-state index in [9.17, 15) is 9.59 Å². The second-order valence-corrected chi connectivity index (χ2v) is 6.41. The number of likely N-dealkylation sites (tertiary alicyclic amines) is 1. The SMILES string of the molecule is Cn1cc(C(=O)N2CCN(CC(=O)N3CCCCC3)CC2)cn1. The lowest BCUT2D eigenvalue weighted by atomic mass is 10.1. The van der Waals surface area contributed by atoms with Crippen molar-refractivity contribution in [3.63, 3.8) is 0 Å². The summed E-state index contributed by atoms with van der Waals surface area (Å²) in [4.78, 5) is 30.7. The standard InChI is InChI=1S/C16H25N5O2/c1-18-12-14(11-17-18)16(23)21-9-7-19(8-10-21)13-15(22)20-5-3-2-4-6-20/h11-12H,2-10,13H2,1H3. The number of piperazine rings is 1. The Balaban J connectivity index is 1.46. The first kappa shape index (κ1) is 16.0. The molecule has 23 heavy (non-hydrogen) atoms. The lowest BCUT2D eigenvalue weighted by Crippen LogP contribution is -2.52. The Bertz CT molecular complexity index is 557. The van der Waals surface area contributed by atoms with Crippen LogP contribution in [0.5, 0.6) is 0 Å². The average molecular weight is 319 g/mol. The van der Waals surface area contributed by atoms with E-state index in [0.29, 0.717) is 25.2 Å². The third kappa shape index (κ3) is 3.90. The van der Waals surface area contributed by atoms with E-state index < -0.39 is 0 Å². The molecule has 0 saturated carbocycles. The molecule has 0 unspecified atom stereocenters. The second kappa shape index (κ2) is 7.12. The van der Waals surface area contributed by atoms with Gasteiger partial charge in [-0.15, -0.1) is 0 Å². The molecule has 0 spiro atoms. The second-order valence-electron chi connectivity index (χ2n) is 6.41. The highest BCUT2D eigenvalue weighted by molar-refractivity contribution is 5.93. The molecule has 0 N–H and O–H groups in total. The smallest absolute Gasteiger partial charge is 0.257 e. The zero-order chi connectivity index (χ0) is 16.2. The van der Waals surface area contributed by atoms with Crippen molar-refractivity contribution in [3.05, 3.63) is 18.0 Å². The first-order valence-electron chi connectivity index (χ1n) is 8.41. The van der Waals surface area contributed by atoms with Gasteiger partial charge in [-0.1, -0.05) is 0 Å². The number of carbonyl (C=O) groups excluding carboxylic acids is 2. The summed E-state index contributed by atoms with van der Waals surface area (Å²) in [5.41, 5.74) is 0.630. The first-order valence-corrected chi connectivity index (χ1v) is 8.41. The van der Waals surface area contributed by atoms with Gasteiger partial charge >= 0.3 is 0 Å². The van der Waals surface area contributed by atoms with Gasteiger partial charge < -0.3 is 9.80 Å². The van der Waals surface area contributed by atoms with Gasteiger partial charge in [0, 0.05) is 52.5 Å². The number of carbonyl (C=O) groups is 2. The minimum Gasteiger partial charge on any atom is -0.342 e. The lowest BCUT2D eigenvalue weighted by Gasteiger charge is -2.35. The number of rotatable bonds is 3. The average Bonchev–Trinajstić information content (AvgIpc) is 3.02. The molecular formula is C16H25N5O2. The molecule has 0 atom stereocenters. The van der Waals surface area contributed by atoms with Crippen molar-refractivity contribution in [2.75, 3.05) is 45.8 Å². The molecule has 3 heterocycles. The van der Waals surface area contributed by atoms with Crippen LogP contribution in [0.3, 0.4) is 0 Å². The van der Waals surface area contributed by atoms with E-state index in [1.807, 2.05) is 9.80 Å². The third-order valence-electron chi connectivity index (χ3n) is 4.68. The highest BCUT2D eigenvalue weighted by Crippen LogP contribution is 2.11. The van der Waals surface area contributed by atoms with E-state index in [4.69, 9.17) is 0 Å². The monoisotopic (exact) mass is 319 g/mol. The maximum Gasteiger partial charge on any atom is 0.257 e. The van der Waals surface area contributed by atoms with Crippen molar-refractivity contribution in [1.82, 2.24) is 24.5 Å². The molecule has 0 bridgehead atoms. The number of nitrogens with zero attached hydrogens (tertiary/aromatic N) is 5. The lowest BCUT2D eigenvalue weighted by molar-refractivity contribution is -0.133. The normalized spacial score (nSPS) is 19.9. The van der Waals surface area contributed by atoms with Gasteiger partial charge in [0.2, 0.25) is 5.91 Å². The Morgan fingerprint density at radius 1 is 1.00 bits per heavy atom. The van der Waals surface area contributed by atoms with Gasteiger partial charge in [0.1, 0.15) is 0 Å². The molecule has 0 aromatic carbocycles. The number of aromatic nitrogens is 2. The minimum absolute atomic E-state index is 0.0279. The van der Waals surface area contributed by atoms with E-state index in [1.165, 1.54) is 6.42 Å². The summed E-state index contributed by atoms with van der Waals surface area (Å²) in [5, 5.41) is 4.05. The number of amides is 2. The van der Waals surface area contributed by atoms with E-state index in [2.05, 4.69) is 10.00 Å². The maximum absolute atomic E-state index is 12.4. The molecule has 1 aromatic heterocycles. The summed E-state index contributed by atoms with van der Waals surface area (Å²) in [6.45, 7) is 5.13. The fraction of sp³-hybridized carbons (Fsp3) is 0.688. The molecule has 0 radical (unpaired) electrons. The molecule has 7 heteroatoms. The van der Waals surface area contributed by atoms with Crippen LogP contribution >= 0.6 is 0 Å².